The number of hydrogen-bond acceptors (Lipinski definition) is 5. The molecular formula is C11H15N5O2. The highest BCUT2D eigenvalue weighted by Crippen LogP contribution is 2.11. The van der Waals surface area contributed by atoms with Crippen molar-refractivity contribution in [3.63, 3.8) is 0 Å². The van der Waals surface area contributed by atoms with E-state index in [4.69, 9.17) is 4.74 Å². The van der Waals surface area contributed by atoms with Crippen molar-refractivity contribution in [3.05, 3.63) is 22.1 Å². The lowest BCUT2D eigenvalue weighted by atomic mass is 10.4. The minimum atomic E-state index is -0.146. The number of morpholine rings is 1. The third kappa shape index (κ3) is 1.67. The smallest absolute Gasteiger partial charge is 0.275 e. The highest BCUT2D eigenvalue weighted by Gasteiger charge is 2.17. The Kier molecular flexibility index (Phi) is 2.55. The number of aromatic nitrogens is 4. The first-order valence-electron chi connectivity index (χ1n) is 5.93. The summed E-state index contributed by atoms with van der Waals surface area (Å²) in [5, 5.41) is 4.28. The maximum Gasteiger partial charge on any atom is 0.275 e. The van der Waals surface area contributed by atoms with Crippen molar-refractivity contribution in [1.82, 2.24) is 19.2 Å². The van der Waals surface area contributed by atoms with Crippen LogP contribution in [-0.4, -0.2) is 45.5 Å². The zero-order valence-electron chi connectivity index (χ0n) is 10.5. The Bertz CT molecular complexity index is 639. The first kappa shape index (κ1) is 11.2. The lowest BCUT2D eigenvalue weighted by Crippen LogP contribution is -2.37. The van der Waals surface area contributed by atoms with Crippen LogP contribution in [0.2, 0.25) is 0 Å². The van der Waals surface area contributed by atoms with Crippen molar-refractivity contribution in [2.75, 3.05) is 31.2 Å². The van der Waals surface area contributed by atoms with Crippen molar-refractivity contribution < 1.29 is 4.74 Å². The van der Waals surface area contributed by atoms with Crippen LogP contribution in [0.1, 0.15) is 5.69 Å². The van der Waals surface area contributed by atoms with Crippen molar-refractivity contribution >= 4 is 11.7 Å². The molecule has 0 aliphatic carbocycles. The normalized spacial score (nSPS) is 16.4. The van der Waals surface area contributed by atoms with Crippen LogP contribution in [0.5, 0.6) is 0 Å². The quantitative estimate of drug-likeness (QED) is 0.686. The highest BCUT2D eigenvalue weighted by molar-refractivity contribution is 5.40. The van der Waals surface area contributed by atoms with Crippen LogP contribution in [0.15, 0.2) is 10.9 Å². The van der Waals surface area contributed by atoms with Gasteiger partial charge in [-0.25, -0.2) is 0 Å². The van der Waals surface area contributed by atoms with E-state index in [1.54, 1.807) is 6.07 Å². The van der Waals surface area contributed by atoms with E-state index in [2.05, 4.69) is 10.1 Å². The Morgan fingerprint density at radius 3 is 2.78 bits per heavy atom. The van der Waals surface area contributed by atoms with Crippen LogP contribution >= 0.6 is 0 Å². The van der Waals surface area contributed by atoms with Gasteiger partial charge < -0.3 is 14.2 Å². The number of nitrogens with zero attached hydrogens (tertiary/aromatic N) is 5. The lowest BCUT2D eigenvalue weighted by Gasteiger charge is -2.25. The zero-order chi connectivity index (χ0) is 12.7. The van der Waals surface area contributed by atoms with Crippen LogP contribution in [0, 0.1) is 6.92 Å². The molecule has 0 unspecified atom stereocenters. The Balaban J connectivity index is 2.13. The average molecular weight is 249 g/mol. The van der Waals surface area contributed by atoms with Gasteiger partial charge in [0.05, 0.1) is 13.2 Å². The third-order valence-electron chi connectivity index (χ3n) is 3.24. The van der Waals surface area contributed by atoms with E-state index in [0.717, 1.165) is 18.8 Å². The molecule has 1 saturated heterocycles. The summed E-state index contributed by atoms with van der Waals surface area (Å²) >= 11 is 0. The predicted molar refractivity (Wildman–Crippen MR) is 66.0 cm³/mol. The molecule has 7 heteroatoms. The van der Waals surface area contributed by atoms with E-state index >= 15 is 0 Å². The molecule has 0 bridgehead atoms. The van der Waals surface area contributed by atoms with Gasteiger partial charge in [0.15, 0.2) is 0 Å². The summed E-state index contributed by atoms with van der Waals surface area (Å²) in [7, 11) is 1.88. The number of anilines is 1. The van der Waals surface area contributed by atoms with Crippen LogP contribution < -0.4 is 10.5 Å². The Morgan fingerprint density at radius 2 is 2.06 bits per heavy atom. The largest absolute Gasteiger partial charge is 0.378 e. The molecule has 0 saturated carbocycles. The number of aryl methyl sites for hydroxylation is 2. The molecule has 1 fully saturated rings. The zero-order valence-corrected chi connectivity index (χ0v) is 10.5. The summed E-state index contributed by atoms with van der Waals surface area (Å²) < 4.78 is 8.50. The summed E-state index contributed by atoms with van der Waals surface area (Å²) in [5.74, 6) is 1.16. The maximum atomic E-state index is 11.9. The molecule has 0 spiro atoms. The van der Waals surface area contributed by atoms with Gasteiger partial charge in [-0.15, -0.1) is 5.10 Å². The predicted octanol–water partition coefficient (Wildman–Crippen LogP) is -0.427. The molecule has 7 nitrogen and oxygen atoms in total. The second-order valence-electron chi connectivity index (χ2n) is 4.41. The molecule has 2 aromatic rings. The molecule has 1 aliphatic rings. The average Bonchev–Trinajstić information content (AvgIpc) is 2.83. The SMILES string of the molecule is Cc1cc(=O)n2nc(N3CCOCC3)nc2n1C. The Hall–Kier alpha value is -1.89. The second-order valence-corrected chi connectivity index (χ2v) is 4.41. The molecule has 0 aromatic carbocycles. The summed E-state index contributed by atoms with van der Waals surface area (Å²) in [6.45, 7) is 4.74. The molecule has 3 heterocycles. The van der Waals surface area contributed by atoms with E-state index in [9.17, 15) is 4.79 Å². The van der Waals surface area contributed by atoms with Gasteiger partial charge in [-0.3, -0.25) is 4.79 Å². The molecule has 18 heavy (non-hydrogen) atoms. The van der Waals surface area contributed by atoms with Gasteiger partial charge in [0.25, 0.3) is 5.56 Å². The number of rotatable bonds is 1. The summed E-state index contributed by atoms with van der Waals surface area (Å²) in [5.41, 5.74) is 0.723. The van der Waals surface area contributed by atoms with Gasteiger partial charge in [-0.2, -0.15) is 9.50 Å². The topological polar surface area (TPSA) is 64.7 Å². The maximum absolute atomic E-state index is 11.9. The van der Waals surface area contributed by atoms with Gasteiger partial charge >= 0.3 is 0 Å². The van der Waals surface area contributed by atoms with Gasteiger partial charge in [0, 0.05) is 31.9 Å². The fourth-order valence-corrected chi connectivity index (χ4v) is 2.05. The Morgan fingerprint density at radius 1 is 1.33 bits per heavy atom. The summed E-state index contributed by atoms with van der Waals surface area (Å²) in [6.07, 6.45) is 0. The van der Waals surface area contributed by atoms with Crippen LogP contribution in [0.4, 0.5) is 5.95 Å². The molecule has 0 atom stereocenters. The van der Waals surface area contributed by atoms with E-state index in [1.807, 2.05) is 23.4 Å². The standard InChI is InChI=1S/C11H15N5O2/c1-8-7-9(17)16-11(14(8)2)12-10(13-16)15-3-5-18-6-4-15/h7H,3-6H2,1-2H3. The monoisotopic (exact) mass is 249 g/mol. The second kappa shape index (κ2) is 4.09. The highest BCUT2D eigenvalue weighted by atomic mass is 16.5. The molecule has 0 N–H and O–H groups in total. The lowest BCUT2D eigenvalue weighted by molar-refractivity contribution is 0.122. The summed E-state index contributed by atoms with van der Waals surface area (Å²) in [4.78, 5) is 18.3. The van der Waals surface area contributed by atoms with E-state index in [1.165, 1.54) is 4.52 Å². The van der Waals surface area contributed by atoms with Crippen molar-refractivity contribution in [2.24, 2.45) is 7.05 Å². The minimum Gasteiger partial charge on any atom is -0.378 e. The third-order valence-corrected chi connectivity index (χ3v) is 3.24. The van der Waals surface area contributed by atoms with Crippen molar-refractivity contribution in [1.29, 1.82) is 0 Å². The fourth-order valence-electron chi connectivity index (χ4n) is 2.05. The molecule has 2 aromatic heterocycles. The number of fused-ring (bicyclic) bond motifs is 1. The fraction of sp³-hybridized carbons (Fsp3) is 0.545. The number of ether oxygens (including phenoxy) is 1. The molecule has 1 aliphatic heterocycles. The van der Waals surface area contributed by atoms with Crippen LogP contribution in [-0.2, 0) is 11.8 Å². The molecule has 0 amide bonds. The molecule has 96 valence electrons. The Labute approximate surface area is 104 Å². The number of hydrogen-bond donors (Lipinski definition) is 0. The van der Waals surface area contributed by atoms with E-state index in [0.29, 0.717) is 24.9 Å². The van der Waals surface area contributed by atoms with Gasteiger partial charge in [-0.1, -0.05) is 0 Å². The summed E-state index contributed by atoms with van der Waals surface area (Å²) in [6, 6.07) is 1.56. The molecule has 3 rings (SSSR count). The molecular weight excluding hydrogens is 234 g/mol. The van der Waals surface area contributed by atoms with Gasteiger partial charge in [-0.05, 0) is 6.92 Å². The van der Waals surface area contributed by atoms with E-state index in [-0.39, 0.29) is 5.56 Å². The van der Waals surface area contributed by atoms with Crippen molar-refractivity contribution in [3.8, 4) is 0 Å². The first-order chi connectivity index (χ1) is 8.66. The minimum absolute atomic E-state index is 0.146. The van der Waals surface area contributed by atoms with Crippen LogP contribution in [0.3, 0.4) is 0 Å². The van der Waals surface area contributed by atoms with Gasteiger partial charge in [0.2, 0.25) is 11.7 Å². The first-order valence-corrected chi connectivity index (χ1v) is 5.93. The molecule has 0 radical (unpaired) electrons. The van der Waals surface area contributed by atoms with Gasteiger partial charge in [0.1, 0.15) is 0 Å². The van der Waals surface area contributed by atoms with Crippen molar-refractivity contribution in [2.45, 2.75) is 6.92 Å². The van der Waals surface area contributed by atoms with Crippen LogP contribution in [0.25, 0.3) is 5.78 Å². The van der Waals surface area contributed by atoms with E-state index < -0.39 is 0 Å².